The number of hydrogen-bond acceptors (Lipinski definition) is 5. The highest BCUT2D eigenvalue weighted by atomic mass is 31.2. The highest BCUT2D eigenvalue weighted by Crippen LogP contribution is 2.26. The van der Waals surface area contributed by atoms with Crippen LogP contribution in [0.25, 0.3) is 0 Å². The predicted molar refractivity (Wildman–Crippen MR) is 42.1 cm³/mol. The van der Waals surface area contributed by atoms with Crippen LogP contribution in [0.4, 0.5) is 0 Å². The second kappa shape index (κ2) is 8.81. The zero-order chi connectivity index (χ0) is 12.6. The van der Waals surface area contributed by atoms with Crippen molar-refractivity contribution < 1.29 is 53.2 Å². The van der Waals surface area contributed by atoms with E-state index in [0.29, 0.717) is 0 Å². The third-order valence-electron chi connectivity index (χ3n) is 0. The maximum atomic E-state index is 8.88. The van der Waals surface area contributed by atoms with Crippen LogP contribution in [0.5, 0.6) is 0 Å². The molecule has 14 heavy (non-hydrogen) atoms. The fraction of sp³-hybridized carbons (Fsp3) is 0. The summed E-state index contributed by atoms with van der Waals surface area (Å²) in [4.78, 5) is 64.8. The molecule has 0 amide bonds. The lowest BCUT2D eigenvalue weighted by atomic mass is 15.8. The van der Waals surface area contributed by atoms with Gasteiger partial charge >= 0.3 is 24.2 Å². The molecule has 0 fully saturated rings. The zero-order valence-electron chi connectivity index (χ0n) is 6.18. The molecule has 0 bridgehead atoms. The van der Waals surface area contributed by atoms with E-state index in [9.17, 15) is 0 Å². The predicted octanol–water partition coefficient (Wildman–Crippen LogP) is -2.67. The number of hydrogen-bond donors (Lipinski definition) is 9. The number of phosphoric acid groups is 2. The van der Waals surface area contributed by atoms with Gasteiger partial charge in [-0.05, 0) is 0 Å². The highest BCUT2D eigenvalue weighted by Gasteiger charge is 2.00. The van der Waals surface area contributed by atoms with Crippen molar-refractivity contribution in [1.82, 2.24) is 0 Å². The summed E-state index contributed by atoms with van der Waals surface area (Å²) in [5, 5.41) is 0. The van der Waals surface area contributed by atoms with Crippen LogP contribution in [0.2, 0.25) is 0 Å². The summed E-state index contributed by atoms with van der Waals surface area (Å²) in [7, 11) is -11.9. The molecule has 0 aromatic carbocycles. The Morgan fingerprint density at radius 2 is 0.643 bits per heavy atom. The Bertz CT molecular complexity index is 153. The topological polar surface area (TPSA) is 216 Å². The van der Waals surface area contributed by atoms with Gasteiger partial charge in [-0.2, -0.15) is 0 Å². The highest BCUT2D eigenvalue weighted by molar-refractivity contribution is 7.45. The van der Waals surface area contributed by atoms with Crippen molar-refractivity contribution in [3.63, 3.8) is 0 Å². The van der Waals surface area contributed by atoms with Crippen LogP contribution in [0, 0.1) is 0 Å². The van der Waals surface area contributed by atoms with Crippen LogP contribution in [-0.2, 0) is 9.13 Å². The lowest BCUT2D eigenvalue weighted by molar-refractivity contribution is 0.272. The molecule has 0 aromatic rings. The fourth-order valence-electron chi connectivity index (χ4n) is 0. The van der Waals surface area contributed by atoms with Gasteiger partial charge in [-0.1, -0.05) is 0 Å². The van der Waals surface area contributed by atoms with E-state index < -0.39 is 24.2 Å². The molecule has 0 aliphatic heterocycles. The maximum Gasteiger partial charge on any atom is 0.466 e. The molecular weight excluding hydrogens is 269 g/mol. The van der Waals surface area contributed by atoms with Crippen molar-refractivity contribution in [3.8, 4) is 0 Å². The lowest BCUT2D eigenvalue weighted by Crippen LogP contribution is -1.66. The normalized spacial score (nSPS) is 11.0. The minimum Gasteiger partial charge on any atom is -0.328 e. The van der Waals surface area contributed by atoms with Crippen LogP contribution in [0.3, 0.4) is 0 Å². The molecule has 0 saturated carbocycles. The SMILES string of the molecule is O=P(O)(O)O.O=P(O)(O)O.OP(O)O. The van der Waals surface area contributed by atoms with Gasteiger partial charge in [0.25, 0.3) is 0 Å². The van der Waals surface area contributed by atoms with Crippen LogP contribution in [-0.4, -0.2) is 44.0 Å². The monoisotopic (exact) mass is 278 g/mol. The Labute approximate surface area is 78.4 Å². The van der Waals surface area contributed by atoms with E-state index >= 15 is 0 Å². The summed E-state index contributed by atoms with van der Waals surface area (Å²) in [6.07, 6.45) is 0. The van der Waals surface area contributed by atoms with Crippen molar-refractivity contribution in [2.24, 2.45) is 0 Å². The summed E-state index contributed by atoms with van der Waals surface area (Å²) < 4.78 is 17.8. The van der Waals surface area contributed by atoms with E-state index in [0.717, 1.165) is 0 Å². The van der Waals surface area contributed by atoms with E-state index in [1.165, 1.54) is 0 Å². The van der Waals surface area contributed by atoms with Crippen LogP contribution >= 0.6 is 24.2 Å². The van der Waals surface area contributed by atoms with Crippen LogP contribution in [0.1, 0.15) is 0 Å². The fourth-order valence-corrected chi connectivity index (χ4v) is 0. The molecule has 0 radical (unpaired) electrons. The van der Waals surface area contributed by atoms with E-state index in [2.05, 4.69) is 0 Å². The molecule has 9 N–H and O–H groups in total. The molecule has 0 rings (SSSR count). The molecule has 11 nitrogen and oxygen atoms in total. The third-order valence-corrected chi connectivity index (χ3v) is 0. The summed E-state index contributed by atoms with van der Waals surface area (Å²) in [6.45, 7) is 0. The van der Waals surface area contributed by atoms with Crippen LogP contribution < -0.4 is 0 Å². The Morgan fingerprint density at radius 1 is 0.643 bits per heavy atom. The average Bonchev–Trinajstić information content (AvgIpc) is 1.45. The first-order valence-electron chi connectivity index (χ1n) is 2.17. The summed E-state index contributed by atoms with van der Waals surface area (Å²) >= 11 is 0. The van der Waals surface area contributed by atoms with Crippen molar-refractivity contribution in [2.45, 2.75) is 0 Å². The Balaban J connectivity index is -0.000000131. The Hall–Kier alpha value is 0.530. The molecule has 14 heteroatoms. The summed E-state index contributed by atoms with van der Waals surface area (Å²) in [6, 6.07) is 0. The van der Waals surface area contributed by atoms with Crippen molar-refractivity contribution in [2.75, 3.05) is 0 Å². The van der Waals surface area contributed by atoms with E-state index in [-0.39, 0.29) is 0 Å². The minimum absolute atomic E-state index is 2.62. The van der Waals surface area contributed by atoms with E-state index in [4.69, 9.17) is 53.2 Å². The summed E-state index contributed by atoms with van der Waals surface area (Å²) in [5.41, 5.74) is 0. The first-order chi connectivity index (χ1) is 5.73. The molecular formula is H9O11P3. The van der Waals surface area contributed by atoms with Crippen LogP contribution in [0.15, 0.2) is 0 Å². The molecule has 90 valence electrons. The molecule has 0 aliphatic rings. The van der Waals surface area contributed by atoms with Gasteiger partial charge in [0, 0.05) is 0 Å². The second-order valence-electron chi connectivity index (χ2n) is 1.29. The van der Waals surface area contributed by atoms with Gasteiger partial charge in [0.15, 0.2) is 0 Å². The lowest BCUT2D eigenvalue weighted by Gasteiger charge is -1.82. The van der Waals surface area contributed by atoms with Gasteiger partial charge in [0.05, 0.1) is 0 Å². The Kier molecular flexibility index (Phi) is 12.6. The van der Waals surface area contributed by atoms with E-state index in [1.807, 2.05) is 0 Å². The minimum atomic E-state index is -4.64. The molecule has 0 spiro atoms. The molecule has 0 atom stereocenters. The first-order valence-corrected chi connectivity index (χ1v) is 6.50. The van der Waals surface area contributed by atoms with Gasteiger partial charge in [-0.3, -0.25) is 0 Å². The van der Waals surface area contributed by atoms with E-state index in [1.54, 1.807) is 0 Å². The zero-order valence-corrected chi connectivity index (χ0v) is 8.87. The second-order valence-corrected chi connectivity index (χ2v) is 3.88. The largest absolute Gasteiger partial charge is 0.466 e. The van der Waals surface area contributed by atoms with Gasteiger partial charge in [0.1, 0.15) is 0 Å². The third kappa shape index (κ3) is 5930. The standard InChI is InChI=1S/2H3O4P.H3O3P/c2*1-5(2,3)4;1-4(2)3/h2*(H3,1,2,3,4);1-3H. The summed E-state index contributed by atoms with van der Waals surface area (Å²) in [5.74, 6) is 0. The van der Waals surface area contributed by atoms with Crippen molar-refractivity contribution >= 4 is 24.2 Å². The van der Waals surface area contributed by atoms with Gasteiger partial charge in [0.2, 0.25) is 0 Å². The smallest absolute Gasteiger partial charge is 0.328 e. The Morgan fingerprint density at radius 3 is 0.643 bits per heavy atom. The number of rotatable bonds is 0. The van der Waals surface area contributed by atoms with Crippen molar-refractivity contribution in [1.29, 1.82) is 0 Å². The molecule has 0 unspecified atom stereocenters. The quantitative estimate of drug-likeness (QED) is 0.208. The van der Waals surface area contributed by atoms with Gasteiger partial charge in [-0.15, -0.1) is 0 Å². The average molecular weight is 278 g/mol. The molecule has 0 aromatic heterocycles. The van der Waals surface area contributed by atoms with Gasteiger partial charge in [-0.25, -0.2) is 9.13 Å². The molecule has 0 aliphatic carbocycles. The van der Waals surface area contributed by atoms with Crippen molar-refractivity contribution in [3.05, 3.63) is 0 Å². The first kappa shape index (κ1) is 20.0. The maximum absolute atomic E-state index is 8.88. The molecule has 0 heterocycles. The van der Waals surface area contributed by atoms with Gasteiger partial charge < -0.3 is 44.0 Å². The molecule has 0 saturated heterocycles.